The summed E-state index contributed by atoms with van der Waals surface area (Å²) >= 11 is 0. The maximum Gasteiger partial charge on any atom is 0.412 e. The van der Waals surface area contributed by atoms with E-state index in [0.717, 1.165) is 44.6 Å². The van der Waals surface area contributed by atoms with Gasteiger partial charge in [0, 0.05) is 38.3 Å². The molecule has 0 radical (unpaired) electrons. The van der Waals surface area contributed by atoms with Gasteiger partial charge in [0.05, 0.1) is 6.42 Å². The van der Waals surface area contributed by atoms with Crippen molar-refractivity contribution in [2.45, 2.75) is 116 Å². The number of para-hydroxylation sites is 1. The maximum absolute atomic E-state index is 12.7. The predicted octanol–water partition coefficient (Wildman–Crippen LogP) is 7.77. The molecule has 6 nitrogen and oxygen atoms in total. The molecule has 0 atom stereocenters. The quantitative estimate of drug-likeness (QED) is 0.164. The zero-order chi connectivity index (χ0) is 27.3. The van der Waals surface area contributed by atoms with E-state index in [1.807, 2.05) is 23.1 Å². The number of nitrogens with one attached hydrogen (secondary N) is 1. The number of amides is 2. The number of hydrogen-bond acceptors (Lipinski definition) is 4. The molecule has 2 rings (SSSR count). The highest BCUT2D eigenvalue weighted by Gasteiger charge is 2.20. The van der Waals surface area contributed by atoms with Gasteiger partial charge in [0.25, 0.3) is 0 Å². The normalized spacial score (nSPS) is 13.6. The molecule has 0 unspecified atom stereocenters. The molecule has 1 aromatic carbocycles. The predicted molar refractivity (Wildman–Crippen MR) is 165 cm³/mol. The summed E-state index contributed by atoms with van der Waals surface area (Å²) < 4.78 is 5.55. The Morgan fingerprint density at radius 2 is 1.23 bits per heavy atom. The number of rotatable bonds is 20. The summed E-state index contributed by atoms with van der Waals surface area (Å²) in [6.45, 7) is 6.19. The van der Waals surface area contributed by atoms with Gasteiger partial charge >= 0.3 is 6.09 Å². The fraction of sp³-hybridized carbons (Fsp3) is 0.750. The van der Waals surface area contributed by atoms with Crippen LogP contribution in [0.2, 0.25) is 0 Å². The Morgan fingerprint density at radius 3 is 1.77 bits per heavy atom. The molecule has 0 aromatic heterocycles. The van der Waals surface area contributed by atoms with Crippen molar-refractivity contribution in [1.29, 1.82) is 0 Å². The number of hydrogen-bond donors (Lipinski definition) is 1. The number of halogens is 1. The van der Waals surface area contributed by atoms with Crippen LogP contribution in [0.1, 0.15) is 115 Å². The van der Waals surface area contributed by atoms with Gasteiger partial charge in [-0.3, -0.25) is 4.79 Å². The van der Waals surface area contributed by atoms with Gasteiger partial charge in [0.2, 0.25) is 5.91 Å². The first-order valence-electron chi connectivity index (χ1n) is 15.6. The van der Waals surface area contributed by atoms with E-state index in [9.17, 15) is 9.59 Å². The molecule has 0 spiro atoms. The lowest BCUT2D eigenvalue weighted by atomic mass is 10.0. The summed E-state index contributed by atoms with van der Waals surface area (Å²) in [6.07, 6.45) is 21.2. The van der Waals surface area contributed by atoms with Gasteiger partial charge in [-0.1, -0.05) is 121 Å². The molecule has 1 aromatic rings. The van der Waals surface area contributed by atoms with Gasteiger partial charge in [0.1, 0.15) is 5.75 Å². The highest BCUT2D eigenvalue weighted by Crippen LogP contribution is 2.20. The van der Waals surface area contributed by atoms with Gasteiger partial charge in [-0.25, -0.2) is 4.79 Å². The maximum atomic E-state index is 12.7. The van der Waals surface area contributed by atoms with Crippen LogP contribution >= 0.6 is 12.4 Å². The van der Waals surface area contributed by atoms with Crippen LogP contribution in [0.15, 0.2) is 24.3 Å². The molecule has 224 valence electrons. The summed E-state index contributed by atoms with van der Waals surface area (Å²) in [4.78, 5) is 29.1. The van der Waals surface area contributed by atoms with Crippen LogP contribution in [-0.4, -0.2) is 61.6 Å². The fourth-order valence-corrected chi connectivity index (χ4v) is 5.08. The molecule has 1 N–H and O–H groups in total. The van der Waals surface area contributed by atoms with Crippen molar-refractivity contribution < 1.29 is 14.3 Å². The summed E-state index contributed by atoms with van der Waals surface area (Å²) in [6, 6.07) is 7.35. The fourth-order valence-electron chi connectivity index (χ4n) is 5.08. The first kappa shape index (κ1) is 35.2. The second-order valence-electron chi connectivity index (χ2n) is 11.1. The van der Waals surface area contributed by atoms with E-state index in [2.05, 4.69) is 24.2 Å². The lowest BCUT2D eigenvalue weighted by Gasteiger charge is -2.32. The minimum Gasteiger partial charge on any atom is -0.410 e. The minimum absolute atomic E-state index is 0. The average Bonchev–Trinajstić information content (AvgIpc) is 2.92. The number of unbranched alkanes of at least 4 members (excludes halogenated alkanes) is 15. The molecule has 0 bridgehead atoms. The number of likely N-dealkylation sites (N-methyl/N-ethyl adjacent to an activating group) is 1. The molecule has 7 heteroatoms. The number of carbonyl (C=O) groups is 2. The van der Waals surface area contributed by atoms with Crippen LogP contribution in [-0.2, 0) is 11.2 Å². The van der Waals surface area contributed by atoms with Crippen molar-refractivity contribution in [3.05, 3.63) is 29.8 Å². The van der Waals surface area contributed by atoms with Crippen molar-refractivity contribution in [1.82, 2.24) is 15.1 Å². The monoisotopic (exact) mass is 565 g/mol. The van der Waals surface area contributed by atoms with E-state index in [1.54, 1.807) is 6.07 Å². The average molecular weight is 566 g/mol. The van der Waals surface area contributed by atoms with Crippen LogP contribution in [0, 0.1) is 0 Å². The molecule has 1 aliphatic rings. The van der Waals surface area contributed by atoms with Crippen molar-refractivity contribution in [3.63, 3.8) is 0 Å². The van der Waals surface area contributed by atoms with Crippen LogP contribution in [0.25, 0.3) is 0 Å². The number of piperazine rings is 1. The summed E-state index contributed by atoms with van der Waals surface area (Å²) in [5, 5.41) is 2.87. The Hall–Kier alpha value is -1.79. The van der Waals surface area contributed by atoms with Crippen LogP contribution in [0.4, 0.5) is 4.79 Å². The standard InChI is InChI=1S/C32H55N3O3.ClH/c1-3-4-5-6-7-8-9-10-11-12-13-14-15-16-17-20-23-33-32(37)38-30-22-19-18-21-29(30)28-31(36)35-26-24-34(2)25-27-35;/h18-19,21-22H,3-17,20,23-28H2,1-2H3,(H,33,37);1H. The topological polar surface area (TPSA) is 61.9 Å². The van der Waals surface area contributed by atoms with Gasteiger partial charge in [-0.05, 0) is 19.5 Å². The van der Waals surface area contributed by atoms with E-state index >= 15 is 0 Å². The summed E-state index contributed by atoms with van der Waals surface area (Å²) in [7, 11) is 2.07. The molecule has 2 amide bonds. The Bertz CT molecular complexity index is 769. The third kappa shape index (κ3) is 16.8. The van der Waals surface area contributed by atoms with Crippen LogP contribution in [0.5, 0.6) is 5.75 Å². The van der Waals surface area contributed by atoms with E-state index in [4.69, 9.17) is 4.74 Å². The molecule has 0 saturated carbocycles. The van der Waals surface area contributed by atoms with E-state index in [-0.39, 0.29) is 24.7 Å². The first-order chi connectivity index (χ1) is 18.6. The number of carbonyl (C=O) groups excluding carboxylic acids is 2. The highest BCUT2D eigenvalue weighted by molar-refractivity contribution is 5.85. The highest BCUT2D eigenvalue weighted by atomic mass is 35.5. The van der Waals surface area contributed by atoms with Crippen LogP contribution < -0.4 is 10.1 Å². The molecule has 0 aliphatic carbocycles. The lowest BCUT2D eigenvalue weighted by Crippen LogP contribution is -2.47. The van der Waals surface area contributed by atoms with Gasteiger partial charge in [-0.2, -0.15) is 0 Å². The minimum atomic E-state index is -0.439. The van der Waals surface area contributed by atoms with Crippen LogP contribution in [0.3, 0.4) is 0 Å². The van der Waals surface area contributed by atoms with E-state index in [1.165, 1.54) is 89.9 Å². The number of nitrogens with zero attached hydrogens (tertiary/aromatic N) is 2. The zero-order valence-corrected chi connectivity index (χ0v) is 25.7. The van der Waals surface area contributed by atoms with Crippen molar-refractivity contribution in [3.8, 4) is 5.75 Å². The molecule has 1 saturated heterocycles. The number of ether oxygens (including phenoxy) is 1. The van der Waals surface area contributed by atoms with Gasteiger partial charge < -0.3 is 19.9 Å². The Morgan fingerprint density at radius 1 is 0.744 bits per heavy atom. The molecule has 1 heterocycles. The molecular weight excluding hydrogens is 510 g/mol. The smallest absolute Gasteiger partial charge is 0.410 e. The second-order valence-corrected chi connectivity index (χ2v) is 11.1. The molecule has 1 fully saturated rings. The van der Waals surface area contributed by atoms with Gasteiger partial charge in [-0.15, -0.1) is 12.4 Å². The second kappa shape index (κ2) is 23.0. The third-order valence-corrected chi connectivity index (χ3v) is 7.67. The third-order valence-electron chi connectivity index (χ3n) is 7.67. The lowest BCUT2D eigenvalue weighted by molar-refractivity contribution is -0.132. The number of benzene rings is 1. The van der Waals surface area contributed by atoms with E-state index in [0.29, 0.717) is 12.3 Å². The Labute approximate surface area is 245 Å². The Balaban J connectivity index is 0.00000760. The largest absolute Gasteiger partial charge is 0.412 e. The van der Waals surface area contributed by atoms with Crippen molar-refractivity contribution >= 4 is 24.4 Å². The van der Waals surface area contributed by atoms with Gasteiger partial charge in [0.15, 0.2) is 0 Å². The van der Waals surface area contributed by atoms with Crippen molar-refractivity contribution in [2.75, 3.05) is 39.8 Å². The summed E-state index contributed by atoms with van der Waals surface area (Å²) in [5.74, 6) is 0.558. The van der Waals surface area contributed by atoms with E-state index < -0.39 is 6.09 Å². The first-order valence-corrected chi connectivity index (χ1v) is 15.6. The Kier molecular flexibility index (Phi) is 20.8. The molecular formula is C32H56ClN3O3. The summed E-state index contributed by atoms with van der Waals surface area (Å²) in [5.41, 5.74) is 0.758. The molecule has 1 aliphatic heterocycles. The SMILES string of the molecule is CCCCCCCCCCCCCCCCCCNC(=O)Oc1ccccc1CC(=O)N1CCN(C)CC1.Cl. The van der Waals surface area contributed by atoms with Crippen molar-refractivity contribution in [2.24, 2.45) is 0 Å². The molecule has 39 heavy (non-hydrogen) atoms. The zero-order valence-electron chi connectivity index (χ0n) is 24.9.